The number of anilines is 1. The predicted molar refractivity (Wildman–Crippen MR) is 80.0 cm³/mol. The van der Waals surface area contributed by atoms with Gasteiger partial charge in [0.2, 0.25) is 5.91 Å². The van der Waals surface area contributed by atoms with Gasteiger partial charge in [0, 0.05) is 24.8 Å². The quantitative estimate of drug-likeness (QED) is 0.836. The summed E-state index contributed by atoms with van der Waals surface area (Å²) in [4.78, 5) is 14.3. The fourth-order valence-electron chi connectivity index (χ4n) is 3.52. The summed E-state index contributed by atoms with van der Waals surface area (Å²) in [6.07, 6.45) is 8.63. The minimum atomic E-state index is 0.0648. The number of hydrogen-bond acceptors (Lipinski definition) is 4. The molecule has 3 aliphatic heterocycles. The summed E-state index contributed by atoms with van der Waals surface area (Å²) in [6, 6.07) is 0.947. The molecule has 2 bridgehead atoms. The summed E-state index contributed by atoms with van der Waals surface area (Å²) < 4.78 is 1.72. The Morgan fingerprint density at radius 1 is 1.29 bits per heavy atom. The zero-order valence-electron chi connectivity index (χ0n) is 12.3. The van der Waals surface area contributed by atoms with Crippen LogP contribution in [0.2, 0.25) is 0 Å². The Bertz CT molecular complexity index is 516. The Balaban J connectivity index is 1.32. The number of fused-ring (bicyclic) bond motifs is 3. The first-order chi connectivity index (χ1) is 10.3. The molecular weight excluding hydrogens is 266 g/mol. The summed E-state index contributed by atoms with van der Waals surface area (Å²) in [7, 11) is 0. The Morgan fingerprint density at radius 3 is 2.76 bits per heavy atom. The van der Waals surface area contributed by atoms with Gasteiger partial charge in [-0.05, 0) is 44.7 Å². The minimum Gasteiger partial charge on any atom is -0.378 e. The Kier molecular flexibility index (Phi) is 3.33. The van der Waals surface area contributed by atoms with Gasteiger partial charge in [-0.25, -0.2) is 0 Å². The molecule has 1 amide bonds. The molecule has 0 radical (unpaired) electrons. The van der Waals surface area contributed by atoms with Crippen molar-refractivity contribution in [3.8, 4) is 0 Å². The number of nitrogens with zero attached hydrogens (tertiary/aromatic N) is 3. The lowest BCUT2D eigenvalue weighted by atomic mass is 9.84. The number of carbonyl (C=O) groups excluding carboxylic acids is 1. The molecule has 114 valence electrons. The van der Waals surface area contributed by atoms with Gasteiger partial charge in [-0.1, -0.05) is 0 Å². The summed E-state index contributed by atoms with van der Waals surface area (Å²) >= 11 is 0. The van der Waals surface area contributed by atoms with E-state index in [9.17, 15) is 4.79 Å². The number of hydrogen-bond donors (Lipinski definition) is 2. The fourth-order valence-corrected chi connectivity index (χ4v) is 3.52. The van der Waals surface area contributed by atoms with E-state index in [0.29, 0.717) is 18.6 Å². The third-order valence-corrected chi connectivity index (χ3v) is 4.89. The maximum absolute atomic E-state index is 11.8. The molecule has 5 rings (SSSR count). The molecule has 6 nitrogen and oxygen atoms in total. The van der Waals surface area contributed by atoms with Crippen molar-refractivity contribution in [3.05, 3.63) is 12.4 Å². The predicted octanol–water partition coefficient (Wildman–Crippen LogP) is 0.668. The SMILES string of the molecule is O=C(Cn1cc(NC2CN3CCC2CC3)cn1)NC1CC1. The standard InChI is InChI=1S/C15H23N5O/c21-15(18-12-1-2-12)10-20-8-13(7-16-20)17-14-9-19-5-3-11(14)4-6-19/h7-8,11-12,14,17H,1-6,9-10H2,(H,18,21). The number of amides is 1. The summed E-state index contributed by atoms with van der Waals surface area (Å²) in [5.74, 6) is 0.853. The number of aromatic nitrogens is 2. The molecule has 1 atom stereocenters. The average Bonchev–Trinajstić information content (AvgIpc) is 3.19. The molecule has 0 spiro atoms. The van der Waals surface area contributed by atoms with Gasteiger partial charge in [-0.2, -0.15) is 5.10 Å². The average molecular weight is 289 g/mol. The van der Waals surface area contributed by atoms with Crippen LogP contribution in [0.1, 0.15) is 25.7 Å². The zero-order chi connectivity index (χ0) is 14.2. The molecule has 1 unspecified atom stereocenters. The van der Waals surface area contributed by atoms with E-state index in [-0.39, 0.29) is 5.91 Å². The molecular formula is C15H23N5O. The van der Waals surface area contributed by atoms with Crippen LogP contribution in [0.3, 0.4) is 0 Å². The Labute approximate surface area is 124 Å². The zero-order valence-corrected chi connectivity index (χ0v) is 12.3. The second kappa shape index (κ2) is 5.33. The first-order valence-corrected chi connectivity index (χ1v) is 8.07. The van der Waals surface area contributed by atoms with Gasteiger partial charge in [-0.15, -0.1) is 0 Å². The second-order valence-electron chi connectivity index (χ2n) is 6.66. The lowest BCUT2D eigenvalue weighted by molar-refractivity contribution is -0.122. The van der Waals surface area contributed by atoms with E-state index in [1.807, 2.05) is 12.4 Å². The van der Waals surface area contributed by atoms with Crippen LogP contribution in [0.4, 0.5) is 5.69 Å². The minimum absolute atomic E-state index is 0.0648. The molecule has 1 aliphatic carbocycles. The number of carbonyl (C=O) groups is 1. The molecule has 4 heterocycles. The van der Waals surface area contributed by atoms with Crippen molar-refractivity contribution in [2.75, 3.05) is 25.0 Å². The Morgan fingerprint density at radius 2 is 2.10 bits per heavy atom. The number of nitrogens with one attached hydrogen (secondary N) is 2. The van der Waals surface area contributed by atoms with Gasteiger partial charge in [0.05, 0.1) is 11.9 Å². The van der Waals surface area contributed by atoms with Crippen LogP contribution in [0.5, 0.6) is 0 Å². The van der Waals surface area contributed by atoms with Gasteiger partial charge in [0.15, 0.2) is 0 Å². The second-order valence-corrected chi connectivity index (χ2v) is 6.66. The Hall–Kier alpha value is -1.56. The normalized spacial score (nSPS) is 31.1. The van der Waals surface area contributed by atoms with Crippen LogP contribution in [0.25, 0.3) is 0 Å². The van der Waals surface area contributed by atoms with Crippen molar-refractivity contribution < 1.29 is 4.79 Å². The number of rotatable bonds is 5. The highest BCUT2D eigenvalue weighted by Crippen LogP contribution is 2.29. The van der Waals surface area contributed by atoms with E-state index in [2.05, 4.69) is 20.6 Å². The maximum atomic E-state index is 11.8. The maximum Gasteiger partial charge on any atom is 0.241 e. The summed E-state index contributed by atoms with van der Waals surface area (Å²) in [6.45, 7) is 3.96. The van der Waals surface area contributed by atoms with Gasteiger partial charge in [0.1, 0.15) is 6.54 Å². The third kappa shape index (κ3) is 3.05. The lowest BCUT2D eigenvalue weighted by Gasteiger charge is -2.45. The molecule has 4 aliphatic rings. The van der Waals surface area contributed by atoms with Crippen LogP contribution in [-0.4, -0.2) is 52.3 Å². The van der Waals surface area contributed by atoms with Crippen LogP contribution in [0.15, 0.2) is 12.4 Å². The van der Waals surface area contributed by atoms with E-state index in [1.165, 1.54) is 25.9 Å². The number of piperidine rings is 3. The molecule has 3 saturated heterocycles. The van der Waals surface area contributed by atoms with Crippen molar-refractivity contribution in [1.29, 1.82) is 0 Å². The summed E-state index contributed by atoms with van der Waals surface area (Å²) in [5, 5.41) is 10.9. The monoisotopic (exact) mass is 289 g/mol. The van der Waals surface area contributed by atoms with Crippen LogP contribution in [0, 0.1) is 5.92 Å². The molecule has 0 aromatic carbocycles. The fraction of sp³-hybridized carbons (Fsp3) is 0.733. The van der Waals surface area contributed by atoms with Gasteiger partial charge in [0.25, 0.3) is 0 Å². The van der Waals surface area contributed by atoms with E-state index >= 15 is 0 Å². The molecule has 6 heteroatoms. The van der Waals surface area contributed by atoms with Crippen LogP contribution >= 0.6 is 0 Å². The highest BCUT2D eigenvalue weighted by atomic mass is 16.2. The van der Waals surface area contributed by atoms with E-state index in [4.69, 9.17) is 0 Å². The molecule has 1 saturated carbocycles. The first kappa shape index (κ1) is 13.1. The van der Waals surface area contributed by atoms with E-state index < -0.39 is 0 Å². The molecule has 21 heavy (non-hydrogen) atoms. The molecule has 1 aromatic rings. The smallest absolute Gasteiger partial charge is 0.241 e. The van der Waals surface area contributed by atoms with Crippen molar-refractivity contribution in [2.45, 2.75) is 44.3 Å². The third-order valence-electron chi connectivity index (χ3n) is 4.89. The van der Waals surface area contributed by atoms with Crippen molar-refractivity contribution >= 4 is 11.6 Å². The highest BCUT2D eigenvalue weighted by molar-refractivity contribution is 5.76. The van der Waals surface area contributed by atoms with Crippen LogP contribution < -0.4 is 10.6 Å². The lowest BCUT2D eigenvalue weighted by Crippen LogP contribution is -2.53. The van der Waals surface area contributed by atoms with E-state index in [0.717, 1.165) is 31.0 Å². The van der Waals surface area contributed by atoms with Crippen molar-refractivity contribution in [3.63, 3.8) is 0 Å². The van der Waals surface area contributed by atoms with Gasteiger partial charge in [-0.3, -0.25) is 9.48 Å². The van der Waals surface area contributed by atoms with E-state index in [1.54, 1.807) is 4.68 Å². The first-order valence-electron chi connectivity index (χ1n) is 8.07. The van der Waals surface area contributed by atoms with Gasteiger partial charge < -0.3 is 15.5 Å². The molecule has 2 N–H and O–H groups in total. The highest BCUT2D eigenvalue weighted by Gasteiger charge is 2.34. The van der Waals surface area contributed by atoms with Gasteiger partial charge >= 0.3 is 0 Å². The van der Waals surface area contributed by atoms with Crippen LogP contribution in [-0.2, 0) is 11.3 Å². The topological polar surface area (TPSA) is 62.2 Å². The summed E-state index contributed by atoms with van der Waals surface area (Å²) in [5.41, 5.74) is 1.04. The van der Waals surface area contributed by atoms with Crippen molar-refractivity contribution in [1.82, 2.24) is 20.0 Å². The molecule has 4 fully saturated rings. The molecule has 1 aromatic heterocycles. The largest absolute Gasteiger partial charge is 0.378 e. The van der Waals surface area contributed by atoms with Crippen molar-refractivity contribution in [2.24, 2.45) is 5.92 Å².